The van der Waals surface area contributed by atoms with Gasteiger partial charge in [0.05, 0.1) is 37.8 Å². The van der Waals surface area contributed by atoms with Gasteiger partial charge in [-0.05, 0) is 52.6 Å². The minimum atomic E-state index is 0.715. The first kappa shape index (κ1) is 30.9. The van der Waals surface area contributed by atoms with Gasteiger partial charge in [-0.1, -0.05) is 152 Å². The number of para-hydroxylation sites is 2. The minimum absolute atomic E-state index is 0.715. The van der Waals surface area contributed by atoms with Gasteiger partial charge in [0.15, 0.2) is 11.6 Å². The fourth-order valence-electron chi connectivity index (χ4n) is 9.35. The zero-order valence-corrected chi connectivity index (χ0v) is 31.3. The zero-order valence-electron chi connectivity index (χ0n) is 30.5. The maximum absolute atomic E-state index is 5.56. The predicted molar refractivity (Wildman–Crippen MR) is 240 cm³/mol. The van der Waals surface area contributed by atoms with E-state index in [2.05, 4.69) is 191 Å². The summed E-state index contributed by atoms with van der Waals surface area (Å²) in [6.07, 6.45) is 0. The van der Waals surface area contributed by atoms with Crippen LogP contribution in [0.2, 0.25) is 0 Å². The highest BCUT2D eigenvalue weighted by atomic mass is 32.1. The van der Waals surface area contributed by atoms with Crippen molar-refractivity contribution >= 4 is 91.5 Å². The fraction of sp³-hybridized carbons (Fsp3) is 0. The van der Waals surface area contributed by atoms with Crippen LogP contribution in [-0.4, -0.2) is 18.9 Å². The van der Waals surface area contributed by atoms with Gasteiger partial charge in [0, 0.05) is 48.0 Å². The van der Waals surface area contributed by atoms with Gasteiger partial charge >= 0.3 is 0 Å². The van der Waals surface area contributed by atoms with E-state index in [1.54, 1.807) is 11.3 Å². The number of rotatable bonds is 4. The molecule has 0 saturated heterocycles. The molecule has 0 saturated carbocycles. The summed E-state index contributed by atoms with van der Waals surface area (Å²) in [5, 5.41) is 8.63. The quantitative estimate of drug-likeness (QED) is 0.180. The molecule has 8 aromatic carbocycles. The Morgan fingerprint density at radius 2 is 0.982 bits per heavy atom. The molecule has 0 aliphatic heterocycles. The highest BCUT2D eigenvalue weighted by Gasteiger charge is 2.26. The Labute approximate surface area is 330 Å². The molecule has 5 heterocycles. The molecule has 4 nitrogen and oxygen atoms in total. The first-order valence-corrected chi connectivity index (χ1v) is 20.2. The molecule has 5 heteroatoms. The molecule has 264 valence electrons. The molecule has 0 aliphatic carbocycles. The van der Waals surface area contributed by atoms with Crippen molar-refractivity contribution in [3.8, 4) is 39.5 Å². The van der Waals surface area contributed by atoms with Gasteiger partial charge in [-0.2, -0.15) is 0 Å². The minimum Gasteiger partial charge on any atom is -0.308 e. The maximum Gasteiger partial charge on any atom is 0.162 e. The van der Waals surface area contributed by atoms with Crippen molar-refractivity contribution in [2.75, 3.05) is 0 Å². The summed E-state index contributed by atoms with van der Waals surface area (Å²) in [5.41, 5.74) is 12.7. The average molecular weight is 743 g/mol. The molecule has 0 radical (unpaired) electrons. The monoisotopic (exact) mass is 742 g/mol. The predicted octanol–water partition coefficient (Wildman–Crippen LogP) is 14.1. The molecule has 5 aromatic heterocycles. The lowest BCUT2D eigenvalue weighted by Crippen LogP contribution is -2.01. The topological polar surface area (TPSA) is 35.1 Å². The summed E-state index contributed by atoms with van der Waals surface area (Å²) >= 11 is 1.77. The molecule has 0 N–H and O–H groups in total. The van der Waals surface area contributed by atoms with Gasteiger partial charge < -0.3 is 4.40 Å². The van der Waals surface area contributed by atoms with E-state index in [0.717, 1.165) is 38.0 Å². The molecule has 57 heavy (non-hydrogen) atoms. The van der Waals surface area contributed by atoms with Crippen molar-refractivity contribution < 1.29 is 0 Å². The van der Waals surface area contributed by atoms with Crippen molar-refractivity contribution in [3.63, 3.8) is 0 Å². The second-order valence-corrected chi connectivity index (χ2v) is 16.0. The van der Waals surface area contributed by atoms with Gasteiger partial charge in [0.25, 0.3) is 0 Å². The molecule has 13 aromatic rings. The smallest absolute Gasteiger partial charge is 0.162 e. The third kappa shape index (κ3) is 4.32. The standard InChI is InChI=1S/C52H30N4S/c1-3-13-31(14-4-1)33-23-25-34(26-24-33)51-53-48-39-19-9-12-22-45(39)57-50(48)52(54-51)56-42-21-11-7-17-37(42)46-44(56)30-40-36-28-27-35(32-15-5-2-6-16-32)29-43(36)55-41-20-10-8-18-38(41)47(46)49(40)55/h1-30H. The van der Waals surface area contributed by atoms with Crippen LogP contribution in [0.4, 0.5) is 0 Å². The highest BCUT2D eigenvalue weighted by Crippen LogP contribution is 2.48. The third-order valence-electron chi connectivity index (χ3n) is 11.9. The third-order valence-corrected chi connectivity index (χ3v) is 13.0. The van der Waals surface area contributed by atoms with E-state index in [9.17, 15) is 0 Å². The number of nitrogens with zero attached hydrogens (tertiary/aromatic N) is 4. The van der Waals surface area contributed by atoms with Crippen LogP contribution in [0.1, 0.15) is 0 Å². The Morgan fingerprint density at radius 3 is 1.75 bits per heavy atom. The molecule has 0 atom stereocenters. The summed E-state index contributed by atoms with van der Waals surface area (Å²) < 4.78 is 7.20. The second kappa shape index (κ2) is 11.6. The molecular formula is C52H30N4S. The molecule has 0 unspecified atom stereocenters. The number of aromatic nitrogens is 4. The molecule has 0 bridgehead atoms. The first-order valence-electron chi connectivity index (χ1n) is 19.3. The Kier molecular flexibility index (Phi) is 6.29. The number of benzene rings is 8. The summed E-state index contributed by atoms with van der Waals surface area (Å²) in [7, 11) is 0. The molecule has 0 aliphatic rings. The van der Waals surface area contributed by atoms with Gasteiger partial charge in [-0.3, -0.25) is 4.57 Å². The van der Waals surface area contributed by atoms with E-state index < -0.39 is 0 Å². The van der Waals surface area contributed by atoms with E-state index in [0.29, 0.717) is 5.82 Å². The van der Waals surface area contributed by atoms with Crippen LogP contribution in [-0.2, 0) is 0 Å². The lowest BCUT2D eigenvalue weighted by Gasteiger charge is -2.11. The lowest BCUT2D eigenvalue weighted by molar-refractivity contribution is 1.08. The van der Waals surface area contributed by atoms with E-state index in [-0.39, 0.29) is 0 Å². The number of fused-ring (bicyclic) bond motifs is 13. The van der Waals surface area contributed by atoms with Gasteiger partial charge in [-0.15, -0.1) is 11.3 Å². The summed E-state index contributed by atoms with van der Waals surface area (Å²) in [6, 6.07) is 65.6. The van der Waals surface area contributed by atoms with E-state index in [1.807, 2.05) is 0 Å². The van der Waals surface area contributed by atoms with Crippen LogP contribution in [0.3, 0.4) is 0 Å². The Bertz CT molecular complexity index is 3730. The first-order chi connectivity index (χ1) is 28.3. The number of hydrogen-bond acceptors (Lipinski definition) is 3. The summed E-state index contributed by atoms with van der Waals surface area (Å²) in [5.74, 6) is 1.62. The summed E-state index contributed by atoms with van der Waals surface area (Å²) in [4.78, 5) is 10.9. The van der Waals surface area contributed by atoms with Crippen LogP contribution >= 0.6 is 11.3 Å². The van der Waals surface area contributed by atoms with Crippen molar-refractivity contribution in [2.45, 2.75) is 0 Å². The van der Waals surface area contributed by atoms with Crippen LogP contribution in [0.25, 0.3) is 120 Å². The Hall–Kier alpha value is -7.34. The summed E-state index contributed by atoms with van der Waals surface area (Å²) in [6.45, 7) is 0. The van der Waals surface area contributed by atoms with Crippen LogP contribution < -0.4 is 0 Å². The number of thiophene rings is 1. The Morgan fingerprint density at radius 1 is 0.386 bits per heavy atom. The average Bonchev–Trinajstić information content (AvgIpc) is 4.02. The van der Waals surface area contributed by atoms with Gasteiger partial charge in [0.1, 0.15) is 0 Å². The van der Waals surface area contributed by atoms with Crippen molar-refractivity contribution in [1.82, 2.24) is 18.9 Å². The second-order valence-electron chi connectivity index (χ2n) is 14.9. The lowest BCUT2D eigenvalue weighted by atomic mass is 10.0. The largest absolute Gasteiger partial charge is 0.308 e. The normalized spacial score (nSPS) is 12.2. The van der Waals surface area contributed by atoms with Crippen molar-refractivity contribution in [2.24, 2.45) is 0 Å². The van der Waals surface area contributed by atoms with E-state index in [4.69, 9.17) is 9.97 Å². The van der Waals surface area contributed by atoms with Gasteiger partial charge in [-0.25, -0.2) is 9.97 Å². The zero-order chi connectivity index (χ0) is 37.2. The molecule has 0 spiro atoms. The van der Waals surface area contributed by atoms with Crippen LogP contribution in [0.5, 0.6) is 0 Å². The van der Waals surface area contributed by atoms with Crippen molar-refractivity contribution in [1.29, 1.82) is 0 Å². The van der Waals surface area contributed by atoms with E-state index >= 15 is 0 Å². The van der Waals surface area contributed by atoms with Crippen molar-refractivity contribution in [3.05, 3.63) is 182 Å². The van der Waals surface area contributed by atoms with Gasteiger partial charge in [0.2, 0.25) is 0 Å². The van der Waals surface area contributed by atoms with Crippen LogP contribution in [0.15, 0.2) is 182 Å². The van der Waals surface area contributed by atoms with Crippen LogP contribution in [0, 0.1) is 0 Å². The fourth-order valence-corrected chi connectivity index (χ4v) is 10.5. The molecule has 0 fully saturated rings. The molecule has 0 amide bonds. The maximum atomic E-state index is 5.56. The molecule has 13 rings (SSSR count). The SMILES string of the molecule is c1ccc(-c2ccc(-c3nc(-n4c5ccccc5c5c6c7ccccc7n7c8cc(-c9ccccc9)ccc8c(cc54)c67)c4sc5ccccc5c4n3)cc2)cc1. The number of hydrogen-bond donors (Lipinski definition) is 0. The Balaban J connectivity index is 1.16. The molecular weight excluding hydrogens is 713 g/mol. The van der Waals surface area contributed by atoms with E-state index in [1.165, 1.54) is 75.8 Å². The highest BCUT2D eigenvalue weighted by molar-refractivity contribution is 7.26.